The smallest absolute Gasteiger partial charge is 0.303 e. The molecular formula is C15H18N2O4S. The molecule has 6 nitrogen and oxygen atoms in total. The maximum Gasteiger partial charge on any atom is 0.303 e. The summed E-state index contributed by atoms with van der Waals surface area (Å²) in [5.41, 5.74) is -0.638. The summed E-state index contributed by atoms with van der Waals surface area (Å²) in [7, 11) is -3.86. The van der Waals surface area contributed by atoms with Crippen LogP contribution in [-0.4, -0.2) is 25.0 Å². The van der Waals surface area contributed by atoms with Crippen molar-refractivity contribution in [1.82, 2.24) is 4.72 Å². The Hall–Kier alpha value is -1.91. The molecule has 0 saturated heterocycles. The van der Waals surface area contributed by atoms with Crippen molar-refractivity contribution >= 4 is 16.0 Å². The zero-order valence-corrected chi connectivity index (χ0v) is 12.9. The molecule has 0 bridgehead atoms. The van der Waals surface area contributed by atoms with Gasteiger partial charge in [0.15, 0.2) is 0 Å². The fraction of sp³-hybridized carbons (Fsp3) is 0.467. The van der Waals surface area contributed by atoms with Crippen molar-refractivity contribution in [3.05, 3.63) is 29.8 Å². The summed E-state index contributed by atoms with van der Waals surface area (Å²) >= 11 is 0. The molecule has 0 unspecified atom stereocenters. The van der Waals surface area contributed by atoms with Crippen LogP contribution in [0.25, 0.3) is 0 Å². The van der Waals surface area contributed by atoms with Crippen LogP contribution in [0.3, 0.4) is 0 Å². The van der Waals surface area contributed by atoms with Crippen LogP contribution >= 0.6 is 0 Å². The molecule has 0 radical (unpaired) electrons. The van der Waals surface area contributed by atoms with E-state index in [4.69, 9.17) is 10.4 Å². The molecule has 1 saturated carbocycles. The monoisotopic (exact) mass is 322 g/mol. The zero-order chi connectivity index (χ0) is 16.2. The van der Waals surface area contributed by atoms with E-state index in [0.717, 1.165) is 12.8 Å². The second kappa shape index (κ2) is 6.46. The number of carboxylic acids is 1. The number of sulfonamides is 1. The third-order valence-corrected chi connectivity index (χ3v) is 5.66. The quantitative estimate of drug-likeness (QED) is 0.833. The summed E-state index contributed by atoms with van der Waals surface area (Å²) in [6.07, 6.45) is 3.14. The molecule has 0 atom stereocenters. The van der Waals surface area contributed by atoms with Crippen LogP contribution in [0.2, 0.25) is 0 Å². The topological polar surface area (TPSA) is 107 Å². The summed E-state index contributed by atoms with van der Waals surface area (Å²) < 4.78 is 27.9. The number of nitrogens with zero attached hydrogens (tertiary/aromatic N) is 1. The lowest BCUT2D eigenvalue weighted by Crippen LogP contribution is -2.46. The second-order valence-electron chi connectivity index (χ2n) is 5.59. The molecular weight excluding hydrogens is 304 g/mol. The number of carbonyl (C=O) groups is 1. The average molecular weight is 322 g/mol. The van der Waals surface area contributed by atoms with Gasteiger partial charge in [-0.15, -0.1) is 0 Å². The molecule has 0 spiro atoms. The lowest BCUT2D eigenvalue weighted by atomic mass is 9.93. The Balaban J connectivity index is 2.29. The zero-order valence-electron chi connectivity index (χ0n) is 12.1. The van der Waals surface area contributed by atoms with Gasteiger partial charge in [-0.05, 0) is 31.4 Å². The van der Waals surface area contributed by atoms with E-state index < -0.39 is 21.5 Å². The lowest BCUT2D eigenvalue weighted by Gasteiger charge is -2.29. The molecule has 118 valence electrons. The normalized spacial score (nSPS) is 17.0. The van der Waals surface area contributed by atoms with E-state index in [-0.39, 0.29) is 23.3 Å². The highest BCUT2D eigenvalue weighted by molar-refractivity contribution is 7.89. The van der Waals surface area contributed by atoms with Gasteiger partial charge in [0, 0.05) is 12.0 Å². The van der Waals surface area contributed by atoms with Crippen molar-refractivity contribution in [2.45, 2.75) is 49.0 Å². The molecule has 1 aliphatic rings. The first-order chi connectivity index (χ1) is 10.4. The van der Waals surface area contributed by atoms with Crippen LogP contribution in [0, 0.1) is 11.3 Å². The number of rotatable bonds is 6. The molecule has 1 aromatic carbocycles. The van der Waals surface area contributed by atoms with Crippen LogP contribution in [-0.2, 0) is 14.8 Å². The Kier molecular flexibility index (Phi) is 4.84. The first-order valence-corrected chi connectivity index (χ1v) is 8.62. The SMILES string of the molecule is N#Cc1ccccc1S(=O)(=O)NC1(CCC(=O)O)CCCC1. The molecule has 0 aliphatic heterocycles. The number of hydrogen-bond donors (Lipinski definition) is 2. The lowest BCUT2D eigenvalue weighted by molar-refractivity contribution is -0.137. The molecule has 0 aromatic heterocycles. The van der Waals surface area contributed by atoms with Crippen molar-refractivity contribution in [1.29, 1.82) is 5.26 Å². The van der Waals surface area contributed by atoms with Gasteiger partial charge in [0.25, 0.3) is 0 Å². The molecule has 1 aliphatic carbocycles. The van der Waals surface area contributed by atoms with Crippen LogP contribution < -0.4 is 4.72 Å². The number of benzene rings is 1. The maximum atomic E-state index is 12.6. The van der Waals surface area contributed by atoms with Crippen LogP contribution in [0.1, 0.15) is 44.1 Å². The molecule has 1 aromatic rings. The summed E-state index contributed by atoms with van der Waals surface area (Å²) in [6.45, 7) is 0. The number of nitriles is 1. The minimum atomic E-state index is -3.86. The van der Waals surface area contributed by atoms with Gasteiger partial charge in [0.2, 0.25) is 10.0 Å². The van der Waals surface area contributed by atoms with Crippen molar-refractivity contribution < 1.29 is 18.3 Å². The summed E-state index contributed by atoms with van der Waals surface area (Å²) in [6, 6.07) is 7.89. The third kappa shape index (κ3) is 3.64. The molecule has 1 fully saturated rings. The predicted octanol–water partition coefficient (Wildman–Crippen LogP) is 2.01. The Bertz CT molecular complexity index is 700. The van der Waals surface area contributed by atoms with Gasteiger partial charge < -0.3 is 5.11 Å². The highest BCUT2D eigenvalue weighted by atomic mass is 32.2. The number of hydrogen-bond acceptors (Lipinski definition) is 4. The third-order valence-electron chi connectivity index (χ3n) is 4.03. The van der Waals surface area contributed by atoms with E-state index in [1.807, 2.05) is 6.07 Å². The van der Waals surface area contributed by atoms with Gasteiger partial charge >= 0.3 is 5.97 Å². The molecule has 0 amide bonds. The van der Waals surface area contributed by atoms with Crippen LogP contribution in [0.15, 0.2) is 29.2 Å². The van der Waals surface area contributed by atoms with Gasteiger partial charge in [0.1, 0.15) is 6.07 Å². The first-order valence-electron chi connectivity index (χ1n) is 7.13. The first kappa shape index (κ1) is 16.5. The van der Waals surface area contributed by atoms with Crippen LogP contribution in [0.4, 0.5) is 0 Å². The Morgan fingerprint density at radius 3 is 2.55 bits per heavy atom. The number of aliphatic carboxylic acids is 1. The van der Waals surface area contributed by atoms with E-state index in [9.17, 15) is 13.2 Å². The van der Waals surface area contributed by atoms with Gasteiger partial charge in [-0.25, -0.2) is 13.1 Å². The second-order valence-corrected chi connectivity index (χ2v) is 7.25. The van der Waals surface area contributed by atoms with Crippen LogP contribution in [0.5, 0.6) is 0 Å². The highest BCUT2D eigenvalue weighted by Crippen LogP contribution is 2.35. The van der Waals surface area contributed by atoms with Gasteiger partial charge in [-0.2, -0.15) is 5.26 Å². The summed E-state index contributed by atoms with van der Waals surface area (Å²) in [5, 5.41) is 17.9. The minimum absolute atomic E-state index is 0.0564. The highest BCUT2D eigenvalue weighted by Gasteiger charge is 2.38. The van der Waals surface area contributed by atoms with Gasteiger partial charge in [0.05, 0.1) is 10.5 Å². The van der Waals surface area contributed by atoms with E-state index in [1.54, 1.807) is 12.1 Å². The number of nitrogens with one attached hydrogen (secondary N) is 1. The molecule has 2 N–H and O–H groups in total. The maximum absolute atomic E-state index is 12.6. The van der Waals surface area contributed by atoms with Gasteiger partial charge in [-0.1, -0.05) is 25.0 Å². The Labute approximate surface area is 129 Å². The minimum Gasteiger partial charge on any atom is -0.481 e. The number of carboxylic acid groups (broad SMARTS) is 1. The van der Waals surface area contributed by atoms with E-state index in [2.05, 4.69) is 4.72 Å². The summed E-state index contributed by atoms with van der Waals surface area (Å²) in [5.74, 6) is -0.942. The molecule has 7 heteroatoms. The molecule has 0 heterocycles. The van der Waals surface area contributed by atoms with Gasteiger partial charge in [-0.3, -0.25) is 4.79 Å². The van der Waals surface area contributed by atoms with E-state index >= 15 is 0 Å². The van der Waals surface area contributed by atoms with Crippen molar-refractivity contribution in [3.8, 4) is 6.07 Å². The Morgan fingerprint density at radius 2 is 1.95 bits per heavy atom. The molecule has 22 heavy (non-hydrogen) atoms. The Morgan fingerprint density at radius 1 is 1.32 bits per heavy atom. The van der Waals surface area contributed by atoms with E-state index in [1.165, 1.54) is 12.1 Å². The fourth-order valence-corrected chi connectivity index (χ4v) is 4.58. The van der Waals surface area contributed by atoms with Crippen molar-refractivity contribution in [2.75, 3.05) is 0 Å². The standard InChI is InChI=1S/C15H18N2O4S/c16-11-12-5-1-2-6-13(12)22(20,21)17-15(8-3-4-9-15)10-7-14(18)19/h1-2,5-6,17H,3-4,7-10H2,(H,18,19). The average Bonchev–Trinajstić information content (AvgIpc) is 2.93. The fourth-order valence-electron chi connectivity index (χ4n) is 2.93. The molecule has 2 rings (SSSR count). The van der Waals surface area contributed by atoms with E-state index in [0.29, 0.717) is 12.8 Å². The van der Waals surface area contributed by atoms with Crippen molar-refractivity contribution in [2.24, 2.45) is 0 Å². The summed E-state index contributed by atoms with van der Waals surface area (Å²) in [4.78, 5) is 10.8. The largest absolute Gasteiger partial charge is 0.481 e. The van der Waals surface area contributed by atoms with Crippen molar-refractivity contribution in [3.63, 3.8) is 0 Å². The predicted molar refractivity (Wildman–Crippen MR) is 79.5 cm³/mol.